The van der Waals surface area contributed by atoms with Gasteiger partial charge >= 0.3 is 6.18 Å². The number of hydrogen-bond acceptors (Lipinski definition) is 3. The standard InChI is InChI=1S/C20H16F3NOS/c1-25-24-19(12-14-2-8-18(9-3-14)20(21,22)23)16-6-4-15(5-7-16)17-10-11-26-13-17/h2-11,13H,12H2,1H3/b24-19+. The Morgan fingerprint density at radius 3 is 2.19 bits per heavy atom. The van der Waals surface area contributed by atoms with E-state index in [-0.39, 0.29) is 0 Å². The summed E-state index contributed by atoms with van der Waals surface area (Å²) in [5.74, 6) is 0. The molecule has 0 atom stereocenters. The summed E-state index contributed by atoms with van der Waals surface area (Å²) in [5.41, 5.74) is 3.84. The van der Waals surface area contributed by atoms with E-state index >= 15 is 0 Å². The van der Waals surface area contributed by atoms with E-state index in [0.717, 1.165) is 34.4 Å². The zero-order valence-electron chi connectivity index (χ0n) is 14.0. The third-order valence-corrected chi connectivity index (χ3v) is 4.61. The molecule has 0 radical (unpaired) electrons. The first kappa shape index (κ1) is 18.2. The van der Waals surface area contributed by atoms with Crippen LogP contribution >= 0.6 is 11.3 Å². The lowest BCUT2D eigenvalue weighted by atomic mass is 9.99. The number of oxime groups is 1. The van der Waals surface area contributed by atoms with Crippen molar-refractivity contribution in [3.8, 4) is 11.1 Å². The molecule has 6 heteroatoms. The molecule has 0 amide bonds. The van der Waals surface area contributed by atoms with Crippen LogP contribution in [0.3, 0.4) is 0 Å². The number of benzene rings is 2. The first-order valence-corrected chi connectivity index (χ1v) is 8.81. The molecule has 0 aliphatic carbocycles. The van der Waals surface area contributed by atoms with Gasteiger partial charge in [0, 0.05) is 6.42 Å². The SMILES string of the molecule is CO/N=C(\Cc1ccc(C(F)(F)F)cc1)c1ccc(-c2ccsc2)cc1. The molecule has 26 heavy (non-hydrogen) atoms. The summed E-state index contributed by atoms with van der Waals surface area (Å²) in [6.45, 7) is 0. The lowest BCUT2D eigenvalue weighted by Gasteiger charge is -2.10. The third-order valence-electron chi connectivity index (χ3n) is 3.93. The van der Waals surface area contributed by atoms with Crippen molar-refractivity contribution in [3.63, 3.8) is 0 Å². The predicted molar refractivity (Wildman–Crippen MR) is 98.4 cm³/mol. The van der Waals surface area contributed by atoms with Gasteiger partial charge in [-0.1, -0.05) is 41.6 Å². The number of nitrogens with zero attached hydrogens (tertiary/aromatic N) is 1. The maximum atomic E-state index is 12.7. The Balaban J connectivity index is 1.80. The van der Waals surface area contributed by atoms with E-state index in [0.29, 0.717) is 12.1 Å². The average molecular weight is 375 g/mol. The summed E-state index contributed by atoms with van der Waals surface area (Å²) in [6, 6.07) is 15.0. The third kappa shape index (κ3) is 4.32. The van der Waals surface area contributed by atoms with Crippen molar-refractivity contribution in [1.29, 1.82) is 0 Å². The largest absolute Gasteiger partial charge is 0.416 e. The fourth-order valence-electron chi connectivity index (χ4n) is 2.59. The Kier molecular flexibility index (Phi) is 5.42. The molecule has 2 nitrogen and oxygen atoms in total. The molecular weight excluding hydrogens is 359 g/mol. The van der Waals surface area contributed by atoms with Gasteiger partial charge in [0.2, 0.25) is 0 Å². The molecule has 0 saturated heterocycles. The van der Waals surface area contributed by atoms with E-state index in [2.05, 4.69) is 10.5 Å². The van der Waals surface area contributed by atoms with Crippen LogP contribution < -0.4 is 0 Å². The van der Waals surface area contributed by atoms with Crippen LogP contribution in [0.5, 0.6) is 0 Å². The minimum Gasteiger partial charge on any atom is -0.399 e. The van der Waals surface area contributed by atoms with Crippen molar-refractivity contribution in [1.82, 2.24) is 0 Å². The molecule has 3 rings (SSSR count). The Hall–Kier alpha value is -2.60. The van der Waals surface area contributed by atoms with Crippen molar-refractivity contribution in [2.75, 3.05) is 7.11 Å². The van der Waals surface area contributed by atoms with E-state index in [4.69, 9.17) is 4.84 Å². The lowest BCUT2D eigenvalue weighted by Crippen LogP contribution is -2.08. The molecule has 3 aromatic rings. The van der Waals surface area contributed by atoms with Crippen LogP contribution in [0.2, 0.25) is 0 Å². The first-order chi connectivity index (χ1) is 12.5. The molecule has 0 fully saturated rings. The summed E-state index contributed by atoms with van der Waals surface area (Å²) >= 11 is 1.63. The Labute approximate surface area is 153 Å². The van der Waals surface area contributed by atoms with Crippen LogP contribution in [0.15, 0.2) is 70.5 Å². The minimum absolute atomic E-state index is 0.379. The highest BCUT2D eigenvalue weighted by Crippen LogP contribution is 2.29. The van der Waals surface area contributed by atoms with Gasteiger partial charge in [-0.15, -0.1) is 0 Å². The molecule has 1 heterocycles. The van der Waals surface area contributed by atoms with Crippen LogP contribution in [-0.2, 0) is 17.4 Å². The number of rotatable bonds is 5. The molecule has 0 saturated carbocycles. The maximum Gasteiger partial charge on any atom is 0.416 e. The number of halogens is 3. The molecule has 0 aliphatic rings. The minimum atomic E-state index is -4.33. The normalized spacial score (nSPS) is 12.2. The van der Waals surface area contributed by atoms with E-state index < -0.39 is 11.7 Å². The average Bonchev–Trinajstić information content (AvgIpc) is 3.16. The summed E-state index contributed by atoms with van der Waals surface area (Å²) in [6.07, 6.45) is -3.96. The molecule has 2 aromatic carbocycles. The van der Waals surface area contributed by atoms with Gasteiger partial charge in [0.25, 0.3) is 0 Å². The van der Waals surface area contributed by atoms with Gasteiger partial charge < -0.3 is 4.84 Å². The number of alkyl halides is 3. The smallest absolute Gasteiger partial charge is 0.399 e. The fraction of sp³-hybridized carbons (Fsp3) is 0.150. The van der Waals surface area contributed by atoms with E-state index in [1.165, 1.54) is 19.2 Å². The van der Waals surface area contributed by atoms with Crippen LogP contribution in [0.25, 0.3) is 11.1 Å². The van der Waals surface area contributed by atoms with Gasteiger partial charge in [-0.25, -0.2) is 0 Å². The zero-order chi connectivity index (χ0) is 18.6. The van der Waals surface area contributed by atoms with Gasteiger partial charge in [-0.3, -0.25) is 0 Å². The number of hydrogen-bond donors (Lipinski definition) is 0. The van der Waals surface area contributed by atoms with E-state index in [1.54, 1.807) is 11.3 Å². The Morgan fingerprint density at radius 2 is 1.65 bits per heavy atom. The van der Waals surface area contributed by atoms with Crippen LogP contribution in [0.1, 0.15) is 16.7 Å². The second kappa shape index (κ2) is 7.74. The molecule has 0 N–H and O–H groups in total. The van der Waals surface area contributed by atoms with E-state index in [1.807, 2.05) is 35.7 Å². The lowest BCUT2D eigenvalue weighted by molar-refractivity contribution is -0.137. The van der Waals surface area contributed by atoms with Gasteiger partial charge in [-0.05, 0) is 51.2 Å². The summed E-state index contributed by atoms with van der Waals surface area (Å²) in [5, 5.41) is 8.14. The van der Waals surface area contributed by atoms with Gasteiger partial charge in [0.15, 0.2) is 0 Å². The Morgan fingerprint density at radius 1 is 0.962 bits per heavy atom. The molecule has 0 bridgehead atoms. The van der Waals surface area contributed by atoms with Crippen molar-refractivity contribution in [2.45, 2.75) is 12.6 Å². The maximum absolute atomic E-state index is 12.7. The Bertz CT molecular complexity index is 867. The van der Waals surface area contributed by atoms with Crippen LogP contribution in [-0.4, -0.2) is 12.8 Å². The molecular formula is C20H16F3NOS. The highest BCUT2D eigenvalue weighted by atomic mass is 32.1. The summed E-state index contributed by atoms with van der Waals surface area (Å²) in [4.78, 5) is 4.92. The summed E-state index contributed by atoms with van der Waals surface area (Å²) < 4.78 is 38.0. The van der Waals surface area contributed by atoms with Gasteiger partial charge in [0.05, 0.1) is 11.3 Å². The monoisotopic (exact) mass is 375 g/mol. The zero-order valence-corrected chi connectivity index (χ0v) is 14.8. The summed E-state index contributed by atoms with van der Waals surface area (Å²) in [7, 11) is 1.45. The second-order valence-electron chi connectivity index (χ2n) is 5.68. The van der Waals surface area contributed by atoms with Gasteiger partial charge in [0.1, 0.15) is 7.11 Å². The first-order valence-electron chi connectivity index (χ1n) is 7.86. The topological polar surface area (TPSA) is 21.6 Å². The quantitative estimate of drug-likeness (QED) is 0.394. The molecule has 134 valence electrons. The van der Waals surface area contributed by atoms with Crippen molar-refractivity contribution < 1.29 is 18.0 Å². The van der Waals surface area contributed by atoms with Crippen LogP contribution in [0.4, 0.5) is 13.2 Å². The van der Waals surface area contributed by atoms with Crippen molar-refractivity contribution in [3.05, 3.63) is 82.0 Å². The molecule has 0 unspecified atom stereocenters. The fourth-order valence-corrected chi connectivity index (χ4v) is 3.25. The predicted octanol–water partition coefficient (Wildman–Crippen LogP) is 6.03. The highest BCUT2D eigenvalue weighted by Gasteiger charge is 2.29. The van der Waals surface area contributed by atoms with Crippen molar-refractivity contribution >= 4 is 17.0 Å². The van der Waals surface area contributed by atoms with Crippen molar-refractivity contribution in [2.24, 2.45) is 5.16 Å². The number of thiophene rings is 1. The molecule has 1 aromatic heterocycles. The van der Waals surface area contributed by atoms with E-state index in [9.17, 15) is 13.2 Å². The molecule has 0 spiro atoms. The molecule has 0 aliphatic heterocycles. The second-order valence-corrected chi connectivity index (χ2v) is 6.46. The van der Waals surface area contributed by atoms with Gasteiger partial charge in [-0.2, -0.15) is 24.5 Å². The van der Waals surface area contributed by atoms with Crippen LogP contribution in [0, 0.1) is 0 Å². The highest BCUT2D eigenvalue weighted by molar-refractivity contribution is 7.08.